The summed E-state index contributed by atoms with van der Waals surface area (Å²) in [5.74, 6) is 0. The molecule has 2 rings (SSSR count). The van der Waals surface area contributed by atoms with Crippen molar-refractivity contribution in [2.45, 2.75) is 38.6 Å². The van der Waals surface area contributed by atoms with Crippen LogP contribution in [0.1, 0.15) is 44.2 Å². The highest BCUT2D eigenvalue weighted by atomic mass is 127. The van der Waals surface area contributed by atoms with E-state index in [1.807, 2.05) is 0 Å². The third kappa shape index (κ3) is 7.04. The predicted molar refractivity (Wildman–Crippen MR) is 105 cm³/mol. The van der Waals surface area contributed by atoms with Gasteiger partial charge in [0.1, 0.15) is 0 Å². The first-order valence-electron chi connectivity index (χ1n) is 7.51. The standard InChI is InChI=1S/C16H25IN2.2ClH/c1-2-3-4-8-16(19-11-9-18-10-12-19)14-6-5-7-15(17)13-14;;/h5-7,13,16,18H,2-4,8-12H2,1H3;2*1H/t16-;;/m1../s1. The van der Waals surface area contributed by atoms with Crippen LogP contribution in [-0.2, 0) is 0 Å². The molecule has 0 aromatic heterocycles. The van der Waals surface area contributed by atoms with Crippen LogP contribution in [0.3, 0.4) is 0 Å². The van der Waals surface area contributed by atoms with E-state index < -0.39 is 0 Å². The van der Waals surface area contributed by atoms with Gasteiger partial charge in [-0.25, -0.2) is 0 Å². The molecule has 1 atom stereocenters. The highest BCUT2D eigenvalue weighted by Crippen LogP contribution is 2.28. The molecule has 21 heavy (non-hydrogen) atoms. The molecule has 1 N–H and O–H groups in total. The van der Waals surface area contributed by atoms with Crippen LogP contribution in [-0.4, -0.2) is 31.1 Å². The van der Waals surface area contributed by atoms with Crippen molar-refractivity contribution < 1.29 is 0 Å². The number of hydrogen-bond acceptors (Lipinski definition) is 2. The Kier molecular flexibility index (Phi) is 12.2. The fraction of sp³-hybridized carbons (Fsp3) is 0.625. The summed E-state index contributed by atoms with van der Waals surface area (Å²) in [4.78, 5) is 2.66. The molecule has 122 valence electrons. The minimum Gasteiger partial charge on any atom is -0.314 e. The van der Waals surface area contributed by atoms with Crippen molar-refractivity contribution in [2.75, 3.05) is 26.2 Å². The van der Waals surface area contributed by atoms with Crippen molar-refractivity contribution in [2.24, 2.45) is 0 Å². The van der Waals surface area contributed by atoms with Crippen LogP contribution in [0, 0.1) is 3.57 Å². The minimum atomic E-state index is 0. The number of piperazine rings is 1. The van der Waals surface area contributed by atoms with E-state index in [0.29, 0.717) is 6.04 Å². The maximum atomic E-state index is 3.46. The zero-order valence-electron chi connectivity index (χ0n) is 12.7. The summed E-state index contributed by atoms with van der Waals surface area (Å²) in [7, 11) is 0. The first-order valence-corrected chi connectivity index (χ1v) is 8.59. The van der Waals surface area contributed by atoms with Gasteiger partial charge in [0.2, 0.25) is 0 Å². The molecule has 1 saturated heterocycles. The molecular formula is C16H27Cl2IN2. The summed E-state index contributed by atoms with van der Waals surface area (Å²) < 4.78 is 1.35. The van der Waals surface area contributed by atoms with Crippen LogP contribution in [0.15, 0.2) is 24.3 Å². The van der Waals surface area contributed by atoms with Gasteiger partial charge >= 0.3 is 0 Å². The van der Waals surface area contributed by atoms with Gasteiger partial charge in [0.25, 0.3) is 0 Å². The number of hydrogen-bond donors (Lipinski definition) is 1. The van der Waals surface area contributed by atoms with Crippen molar-refractivity contribution >= 4 is 47.4 Å². The van der Waals surface area contributed by atoms with Crippen LogP contribution in [0.25, 0.3) is 0 Å². The second-order valence-corrected chi connectivity index (χ2v) is 6.60. The number of halogens is 3. The van der Waals surface area contributed by atoms with Crippen LogP contribution in [0.5, 0.6) is 0 Å². The Bertz CT molecular complexity index is 384. The minimum absolute atomic E-state index is 0. The van der Waals surface area contributed by atoms with E-state index in [9.17, 15) is 0 Å². The summed E-state index contributed by atoms with van der Waals surface area (Å²) in [5, 5.41) is 3.46. The normalized spacial score (nSPS) is 16.7. The number of nitrogens with zero attached hydrogens (tertiary/aromatic N) is 1. The highest BCUT2D eigenvalue weighted by molar-refractivity contribution is 14.1. The summed E-state index contributed by atoms with van der Waals surface area (Å²) >= 11 is 2.42. The monoisotopic (exact) mass is 444 g/mol. The fourth-order valence-corrected chi connectivity index (χ4v) is 3.42. The number of benzene rings is 1. The van der Waals surface area contributed by atoms with E-state index in [2.05, 4.69) is 64.0 Å². The van der Waals surface area contributed by atoms with Gasteiger partial charge in [0, 0.05) is 35.8 Å². The van der Waals surface area contributed by atoms with E-state index in [0.717, 1.165) is 13.1 Å². The lowest BCUT2D eigenvalue weighted by Gasteiger charge is -2.35. The summed E-state index contributed by atoms with van der Waals surface area (Å²) in [6, 6.07) is 9.67. The molecule has 0 radical (unpaired) electrons. The van der Waals surface area contributed by atoms with E-state index in [4.69, 9.17) is 0 Å². The van der Waals surface area contributed by atoms with Crippen molar-refractivity contribution in [1.82, 2.24) is 10.2 Å². The summed E-state index contributed by atoms with van der Waals surface area (Å²) in [6.07, 6.45) is 5.30. The predicted octanol–water partition coefficient (Wildman–Crippen LogP) is 4.66. The molecule has 1 heterocycles. The van der Waals surface area contributed by atoms with E-state index >= 15 is 0 Å². The van der Waals surface area contributed by atoms with E-state index in [1.54, 1.807) is 0 Å². The van der Waals surface area contributed by atoms with Crippen LogP contribution >= 0.6 is 47.4 Å². The summed E-state index contributed by atoms with van der Waals surface area (Å²) in [6.45, 7) is 6.91. The fourth-order valence-electron chi connectivity index (χ4n) is 2.86. The van der Waals surface area contributed by atoms with Crippen molar-refractivity contribution in [1.29, 1.82) is 0 Å². The maximum absolute atomic E-state index is 3.46. The number of unbranched alkanes of at least 4 members (excludes halogenated alkanes) is 2. The van der Waals surface area contributed by atoms with Crippen LogP contribution < -0.4 is 5.32 Å². The molecule has 1 aliphatic rings. The van der Waals surface area contributed by atoms with E-state index in [1.165, 1.54) is 47.9 Å². The lowest BCUT2D eigenvalue weighted by molar-refractivity contribution is 0.162. The lowest BCUT2D eigenvalue weighted by atomic mass is 9.98. The largest absolute Gasteiger partial charge is 0.314 e. The second kappa shape index (κ2) is 11.9. The van der Waals surface area contributed by atoms with Crippen molar-refractivity contribution in [3.8, 4) is 0 Å². The zero-order valence-corrected chi connectivity index (χ0v) is 16.5. The smallest absolute Gasteiger partial charge is 0.0349 e. The Balaban J connectivity index is 0.00000200. The molecule has 0 spiro atoms. The van der Waals surface area contributed by atoms with E-state index in [-0.39, 0.29) is 24.8 Å². The molecule has 0 aliphatic carbocycles. The lowest BCUT2D eigenvalue weighted by Crippen LogP contribution is -2.45. The molecule has 2 nitrogen and oxygen atoms in total. The number of rotatable bonds is 6. The van der Waals surface area contributed by atoms with Gasteiger partial charge in [0.05, 0.1) is 0 Å². The van der Waals surface area contributed by atoms with Gasteiger partial charge in [0.15, 0.2) is 0 Å². The topological polar surface area (TPSA) is 15.3 Å². The SMILES string of the molecule is CCCCC[C@H](c1cccc(I)c1)N1CCNCC1.Cl.Cl. The molecule has 1 fully saturated rings. The average Bonchev–Trinajstić information content (AvgIpc) is 2.45. The van der Waals surface area contributed by atoms with Gasteiger partial charge in [-0.1, -0.05) is 38.3 Å². The Morgan fingerprint density at radius 3 is 2.52 bits per heavy atom. The van der Waals surface area contributed by atoms with Crippen LogP contribution in [0.4, 0.5) is 0 Å². The highest BCUT2D eigenvalue weighted by Gasteiger charge is 2.21. The average molecular weight is 445 g/mol. The van der Waals surface area contributed by atoms with Crippen molar-refractivity contribution in [3.63, 3.8) is 0 Å². The second-order valence-electron chi connectivity index (χ2n) is 5.35. The van der Waals surface area contributed by atoms with Gasteiger partial charge < -0.3 is 5.32 Å². The first-order chi connectivity index (χ1) is 9.31. The Labute approximate surface area is 155 Å². The van der Waals surface area contributed by atoms with Gasteiger partial charge in [-0.05, 0) is 46.7 Å². The molecule has 1 aliphatic heterocycles. The molecule has 0 bridgehead atoms. The molecule has 0 saturated carbocycles. The number of nitrogens with one attached hydrogen (secondary N) is 1. The third-order valence-electron chi connectivity index (χ3n) is 3.91. The Morgan fingerprint density at radius 1 is 1.19 bits per heavy atom. The molecular weight excluding hydrogens is 418 g/mol. The maximum Gasteiger partial charge on any atom is 0.0349 e. The Morgan fingerprint density at radius 2 is 1.90 bits per heavy atom. The summed E-state index contributed by atoms with van der Waals surface area (Å²) in [5.41, 5.74) is 1.50. The Hall–Kier alpha value is 0.450. The molecule has 0 amide bonds. The quantitative estimate of drug-likeness (QED) is 0.506. The van der Waals surface area contributed by atoms with Crippen LogP contribution in [0.2, 0.25) is 0 Å². The van der Waals surface area contributed by atoms with Gasteiger partial charge in [-0.15, -0.1) is 24.8 Å². The molecule has 0 unspecified atom stereocenters. The van der Waals surface area contributed by atoms with Gasteiger partial charge in [-0.2, -0.15) is 0 Å². The first kappa shape index (κ1) is 21.4. The molecule has 1 aromatic carbocycles. The molecule has 1 aromatic rings. The molecule has 5 heteroatoms. The zero-order chi connectivity index (χ0) is 13.5. The third-order valence-corrected chi connectivity index (χ3v) is 4.58. The van der Waals surface area contributed by atoms with Gasteiger partial charge in [-0.3, -0.25) is 4.90 Å². The van der Waals surface area contributed by atoms with Crippen molar-refractivity contribution in [3.05, 3.63) is 33.4 Å².